The van der Waals surface area contributed by atoms with E-state index in [4.69, 9.17) is 4.74 Å². The van der Waals surface area contributed by atoms with E-state index in [2.05, 4.69) is 36.5 Å². The van der Waals surface area contributed by atoms with Crippen LogP contribution in [0.25, 0.3) is 0 Å². The highest BCUT2D eigenvalue weighted by molar-refractivity contribution is 5.90. The molecule has 0 aromatic carbocycles. The number of anilines is 1. The number of carbonyl (C=O) groups is 1. The van der Waals surface area contributed by atoms with Crippen LogP contribution >= 0.6 is 0 Å². The van der Waals surface area contributed by atoms with E-state index in [0.29, 0.717) is 13.0 Å². The minimum Gasteiger partial charge on any atom is -0.376 e. The van der Waals surface area contributed by atoms with E-state index in [0.717, 1.165) is 31.7 Å². The van der Waals surface area contributed by atoms with Crippen molar-refractivity contribution in [1.29, 1.82) is 0 Å². The topological polar surface area (TPSA) is 68.2 Å². The van der Waals surface area contributed by atoms with E-state index in [1.165, 1.54) is 0 Å². The fourth-order valence-electron chi connectivity index (χ4n) is 2.30. The molecular weight excluding hydrogens is 268 g/mol. The lowest BCUT2D eigenvalue weighted by Gasteiger charge is -2.20. The summed E-state index contributed by atoms with van der Waals surface area (Å²) in [5.74, 6) is 0.00316. The van der Waals surface area contributed by atoms with Gasteiger partial charge in [-0.2, -0.15) is 5.10 Å². The van der Waals surface area contributed by atoms with Gasteiger partial charge in [-0.15, -0.1) is 0 Å². The smallest absolute Gasteiger partial charge is 0.225 e. The molecule has 6 heteroatoms. The predicted octanol–water partition coefficient (Wildman–Crippen LogP) is 1.78. The maximum absolute atomic E-state index is 11.8. The number of nitrogens with one attached hydrogen (secondary N) is 2. The van der Waals surface area contributed by atoms with Crippen LogP contribution in [0.2, 0.25) is 0 Å². The maximum Gasteiger partial charge on any atom is 0.225 e. The van der Waals surface area contributed by atoms with Crippen molar-refractivity contribution >= 4 is 11.6 Å². The molecule has 1 aliphatic rings. The summed E-state index contributed by atoms with van der Waals surface area (Å²) in [5.41, 5.74) is 0.778. The van der Waals surface area contributed by atoms with Gasteiger partial charge in [0, 0.05) is 31.3 Å². The molecule has 0 radical (unpaired) electrons. The van der Waals surface area contributed by atoms with Crippen LogP contribution in [0.1, 0.15) is 40.0 Å². The summed E-state index contributed by atoms with van der Waals surface area (Å²) in [5, 5.41) is 10.4. The van der Waals surface area contributed by atoms with E-state index in [9.17, 15) is 4.79 Å². The highest BCUT2D eigenvalue weighted by Crippen LogP contribution is 2.15. The fraction of sp³-hybridized carbons (Fsp3) is 0.733. The second-order valence-corrected chi connectivity index (χ2v) is 6.56. The molecule has 1 aliphatic heterocycles. The van der Waals surface area contributed by atoms with E-state index in [1.807, 2.05) is 10.9 Å². The lowest BCUT2D eigenvalue weighted by Crippen LogP contribution is -2.37. The molecule has 0 spiro atoms. The Balaban J connectivity index is 1.72. The Bertz CT molecular complexity index is 458. The Kier molecular flexibility index (Phi) is 5.36. The number of hydrogen-bond donors (Lipinski definition) is 2. The Hall–Kier alpha value is -1.40. The number of aromatic nitrogens is 2. The molecule has 1 aromatic rings. The highest BCUT2D eigenvalue weighted by Gasteiger charge is 2.16. The lowest BCUT2D eigenvalue weighted by molar-refractivity contribution is -0.116. The molecule has 21 heavy (non-hydrogen) atoms. The van der Waals surface area contributed by atoms with Crippen molar-refractivity contribution in [2.75, 3.05) is 18.5 Å². The zero-order valence-corrected chi connectivity index (χ0v) is 13.2. The molecule has 0 saturated carbocycles. The monoisotopic (exact) mass is 294 g/mol. The zero-order chi connectivity index (χ0) is 15.3. The second-order valence-electron chi connectivity index (χ2n) is 6.56. The first-order valence-corrected chi connectivity index (χ1v) is 7.61. The molecule has 0 aliphatic carbocycles. The molecule has 1 aromatic heterocycles. The van der Waals surface area contributed by atoms with Crippen molar-refractivity contribution in [3.05, 3.63) is 12.4 Å². The number of hydrogen-bond acceptors (Lipinski definition) is 4. The molecule has 1 saturated heterocycles. The third-order valence-corrected chi connectivity index (χ3v) is 3.34. The molecule has 118 valence electrons. The van der Waals surface area contributed by atoms with Crippen LogP contribution in [0.5, 0.6) is 0 Å². The summed E-state index contributed by atoms with van der Waals surface area (Å²) in [7, 11) is 0. The summed E-state index contributed by atoms with van der Waals surface area (Å²) < 4.78 is 7.41. The van der Waals surface area contributed by atoms with Gasteiger partial charge in [-0.25, -0.2) is 0 Å². The quantitative estimate of drug-likeness (QED) is 0.839. The largest absolute Gasteiger partial charge is 0.376 e. The Morgan fingerprint density at radius 2 is 2.33 bits per heavy atom. The van der Waals surface area contributed by atoms with Gasteiger partial charge in [-0.3, -0.25) is 9.48 Å². The minimum atomic E-state index is 0.00316. The van der Waals surface area contributed by atoms with Crippen LogP contribution in [0.4, 0.5) is 5.69 Å². The maximum atomic E-state index is 11.8. The average molecular weight is 294 g/mol. The molecule has 1 atom stereocenters. The minimum absolute atomic E-state index is 0.00316. The average Bonchev–Trinajstić information content (AvgIpc) is 3.00. The van der Waals surface area contributed by atoms with Gasteiger partial charge in [-0.05, 0) is 33.6 Å². The zero-order valence-electron chi connectivity index (χ0n) is 13.2. The van der Waals surface area contributed by atoms with Gasteiger partial charge in [-0.1, -0.05) is 0 Å². The van der Waals surface area contributed by atoms with Crippen LogP contribution in [0.3, 0.4) is 0 Å². The third-order valence-electron chi connectivity index (χ3n) is 3.34. The van der Waals surface area contributed by atoms with E-state index < -0.39 is 0 Å². The van der Waals surface area contributed by atoms with Crippen molar-refractivity contribution < 1.29 is 9.53 Å². The van der Waals surface area contributed by atoms with E-state index in [1.54, 1.807) is 6.20 Å². The Labute approximate surface area is 126 Å². The SMILES string of the molecule is CC(C)(C)NCCC(=O)Nc1cnn(CC2CCCO2)c1. The number of ether oxygens (including phenoxy) is 1. The Morgan fingerprint density at radius 3 is 3.00 bits per heavy atom. The van der Waals surface area contributed by atoms with Crippen molar-refractivity contribution in [2.24, 2.45) is 0 Å². The summed E-state index contributed by atoms with van der Waals surface area (Å²) in [6.07, 6.45) is 6.45. The van der Waals surface area contributed by atoms with Crippen molar-refractivity contribution in [3.63, 3.8) is 0 Å². The number of nitrogens with zero attached hydrogens (tertiary/aromatic N) is 2. The first-order valence-electron chi connectivity index (χ1n) is 7.61. The molecule has 1 fully saturated rings. The van der Waals surface area contributed by atoms with Crippen LogP contribution in [0.15, 0.2) is 12.4 Å². The Morgan fingerprint density at radius 1 is 1.52 bits per heavy atom. The first-order chi connectivity index (χ1) is 9.92. The van der Waals surface area contributed by atoms with Crippen molar-refractivity contribution in [1.82, 2.24) is 15.1 Å². The summed E-state index contributed by atoms with van der Waals surface area (Å²) in [6, 6.07) is 0. The molecule has 0 bridgehead atoms. The summed E-state index contributed by atoms with van der Waals surface area (Å²) >= 11 is 0. The van der Waals surface area contributed by atoms with E-state index in [-0.39, 0.29) is 17.6 Å². The summed E-state index contributed by atoms with van der Waals surface area (Å²) in [4.78, 5) is 11.8. The molecule has 2 N–H and O–H groups in total. The number of rotatable bonds is 6. The van der Waals surface area contributed by atoms with Gasteiger partial charge >= 0.3 is 0 Å². The van der Waals surface area contributed by atoms with Crippen molar-refractivity contribution in [2.45, 2.75) is 58.2 Å². The van der Waals surface area contributed by atoms with Crippen LogP contribution < -0.4 is 10.6 Å². The lowest BCUT2D eigenvalue weighted by atomic mass is 10.1. The van der Waals surface area contributed by atoms with Crippen LogP contribution in [-0.2, 0) is 16.1 Å². The molecule has 6 nitrogen and oxygen atoms in total. The van der Waals surface area contributed by atoms with Gasteiger partial charge in [0.2, 0.25) is 5.91 Å². The highest BCUT2D eigenvalue weighted by atomic mass is 16.5. The van der Waals surface area contributed by atoms with Gasteiger partial charge in [0.05, 0.1) is 24.5 Å². The number of carbonyl (C=O) groups excluding carboxylic acids is 1. The molecule has 1 amide bonds. The van der Waals surface area contributed by atoms with Crippen LogP contribution in [-0.4, -0.2) is 40.5 Å². The third kappa shape index (κ3) is 5.85. The molecular formula is C15H26N4O2. The standard InChI is InChI=1S/C15H26N4O2/c1-15(2,3)16-7-6-14(20)18-12-9-17-19(10-12)11-13-5-4-8-21-13/h9-10,13,16H,4-8,11H2,1-3H3,(H,18,20). The van der Waals surface area contributed by atoms with Crippen molar-refractivity contribution in [3.8, 4) is 0 Å². The van der Waals surface area contributed by atoms with Gasteiger partial charge in [0.1, 0.15) is 0 Å². The van der Waals surface area contributed by atoms with Gasteiger partial charge in [0.15, 0.2) is 0 Å². The molecule has 2 rings (SSSR count). The predicted molar refractivity (Wildman–Crippen MR) is 82.2 cm³/mol. The fourth-order valence-corrected chi connectivity index (χ4v) is 2.30. The normalized spacial score (nSPS) is 18.9. The first kappa shape index (κ1) is 16.0. The van der Waals surface area contributed by atoms with Crippen LogP contribution in [0, 0.1) is 0 Å². The second kappa shape index (κ2) is 7.04. The number of amides is 1. The van der Waals surface area contributed by atoms with Gasteiger partial charge in [0.25, 0.3) is 0 Å². The van der Waals surface area contributed by atoms with E-state index >= 15 is 0 Å². The summed E-state index contributed by atoms with van der Waals surface area (Å²) in [6.45, 7) is 8.51. The van der Waals surface area contributed by atoms with Gasteiger partial charge < -0.3 is 15.4 Å². The molecule has 2 heterocycles. The molecule has 1 unspecified atom stereocenters.